The summed E-state index contributed by atoms with van der Waals surface area (Å²) in [5.41, 5.74) is 0.372. The number of rotatable bonds is 5. The number of hydrogen-bond donors (Lipinski definition) is 1. The number of aromatic nitrogens is 2. The number of nitrogens with zero attached hydrogens (tertiary/aromatic N) is 3. The number of fused-ring (bicyclic) bond motifs is 1. The van der Waals surface area contributed by atoms with Crippen LogP contribution in [-0.2, 0) is 4.74 Å². The van der Waals surface area contributed by atoms with Gasteiger partial charge in [-0.15, -0.1) is 0 Å². The molecule has 10 heteroatoms. The zero-order chi connectivity index (χ0) is 19.7. The first-order valence-corrected chi connectivity index (χ1v) is 8.79. The molecule has 4 rings (SSSR count). The summed E-state index contributed by atoms with van der Waals surface area (Å²) in [7, 11) is 0. The van der Waals surface area contributed by atoms with Gasteiger partial charge in [-0.3, -0.25) is 10.1 Å². The van der Waals surface area contributed by atoms with Crippen molar-refractivity contribution in [3.8, 4) is 5.75 Å². The van der Waals surface area contributed by atoms with Crippen LogP contribution < -0.4 is 10.1 Å². The first kappa shape index (κ1) is 18.3. The van der Waals surface area contributed by atoms with E-state index in [0.29, 0.717) is 36.5 Å². The topological polar surface area (TPSA) is 99.4 Å². The van der Waals surface area contributed by atoms with E-state index in [9.17, 15) is 14.5 Å². The van der Waals surface area contributed by atoms with Crippen LogP contribution in [-0.4, -0.2) is 34.2 Å². The molecule has 2 aromatic carbocycles. The largest absolute Gasteiger partial charge is 0.481 e. The lowest BCUT2D eigenvalue weighted by Crippen LogP contribution is -2.16. The van der Waals surface area contributed by atoms with Crippen molar-refractivity contribution in [2.75, 3.05) is 18.5 Å². The molecule has 0 unspecified atom stereocenters. The van der Waals surface area contributed by atoms with Crippen molar-refractivity contribution in [2.45, 2.75) is 12.5 Å². The Balaban J connectivity index is 1.75. The first-order chi connectivity index (χ1) is 13.5. The van der Waals surface area contributed by atoms with E-state index in [4.69, 9.17) is 21.1 Å². The Morgan fingerprint density at radius 3 is 2.89 bits per heavy atom. The molecule has 1 aliphatic heterocycles. The SMILES string of the molecule is O=[N+]([O-])c1c(O[C@H]2CCOC2)ccc2c(Nc3ccc(F)c(Cl)c3)ncnc12. The second kappa shape index (κ2) is 7.53. The predicted molar refractivity (Wildman–Crippen MR) is 101 cm³/mol. The fraction of sp³-hybridized carbons (Fsp3) is 0.222. The molecule has 1 N–H and O–H groups in total. The van der Waals surface area contributed by atoms with E-state index in [-0.39, 0.29) is 28.1 Å². The van der Waals surface area contributed by atoms with Crippen LogP contribution in [0.2, 0.25) is 5.02 Å². The number of nitrogens with one attached hydrogen (secondary N) is 1. The maximum atomic E-state index is 13.4. The summed E-state index contributed by atoms with van der Waals surface area (Å²) < 4.78 is 24.4. The smallest absolute Gasteiger partial charge is 0.337 e. The highest BCUT2D eigenvalue weighted by Crippen LogP contribution is 2.37. The number of halogens is 2. The van der Waals surface area contributed by atoms with Gasteiger partial charge < -0.3 is 14.8 Å². The molecule has 1 atom stereocenters. The van der Waals surface area contributed by atoms with Crippen molar-refractivity contribution < 1.29 is 18.8 Å². The van der Waals surface area contributed by atoms with Gasteiger partial charge in [0.25, 0.3) is 0 Å². The molecule has 144 valence electrons. The molecule has 1 aliphatic rings. The monoisotopic (exact) mass is 404 g/mol. The lowest BCUT2D eigenvalue weighted by molar-refractivity contribution is -0.384. The summed E-state index contributed by atoms with van der Waals surface area (Å²) in [5.74, 6) is -0.0953. The van der Waals surface area contributed by atoms with E-state index in [2.05, 4.69) is 15.3 Å². The van der Waals surface area contributed by atoms with Crippen LogP contribution in [0.5, 0.6) is 5.75 Å². The Morgan fingerprint density at radius 2 is 2.18 bits per heavy atom. The minimum atomic E-state index is -0.548. The molecule has 2 heterocycles. The Hall–Kier alpha value is -3.04. The maximum Gasteiger partial charge on any atom is 0.337 e. The van der Waals surface area contributed by atoms with Gasteiger partial charge >= 0.3 is 5.69 Å². The van der Waals surface area contributed by atoms with E-state index >= 15 is 0 Å². The van der Waals surface area contributed by atoms with Gasteiger partial charge in [0.2, 0.25) is 0 Å². The van der Waals surface area contributed by atoms with Gasteiger partial charge in [-0.1, -0.05) is 11.6 Å². The summed E-state index contributed by atoms with van der Waals surface area (Å²) in [6.07, 6.45) is 1.64. The molecule has 0 radical (unpaired) electrons. The molecule has 1 saturated heterocycles. The summed E-state index contributed by atoms with van der Waals surface area (Å²) in [5, 5.41) is 15.1. The van der Waals surface area contributed by atoms with Gasteiger partial charge in [-0.05, 0) is 30.3 Å². The molecule has 0 aliphatic carbocycles. The normalized spacial score (nSPS) is 16.3. The Morgan fingerprint density at radius 1 is 1.32 bits per heavy atom. The maximum absolute atomic E-state index is 13.4. The van der Waals surface area contributed by atoms with Gasteiger partial charge in [0, 0.05) is 12.1 Å². The van der Waals surface area contributed by atoms with Crippen LogP contribution in [0.4, 0.5) is 21.6 Å². The van der Waals surface area contributed by atoms with Crippen molar-refractivity contribution in [1.29, 1.82) is 0 Å². The Kier molecular flexibility index (Phi) is 4.93. The minimum absolute atomic E-state index is 0.0520. The van der Waals surface area contributed by atoms with Gasteiger partial charge in [0.1, 0.15) is 24.1 Å². The van der Waals surface area contributed by atoms with Crippen LogP contribution in [0.25, 0.3) is 10.9 Å². The van der Waals surface area contributed by atoms with Crippen LogP contribution in [0.3, 0.4) is 0 Å². The number of nitro groups is 1. The second-order valence-corrected chi connectivity index (χ2v) is 6.55. The van der Waals surface area contributed by atoms with Crippen molar-refractivity contribution in [3.63, 3.8) is 0 Å². The van der Waals surface area contributed by atoms with Gasteiger partial charge in [0.15, 0.2) is 11.3 Å². The first-order valence-electron chi connectivity index (χ1n) is 8.41. The average molecular weight is 405 g/mol. The molecule has 0 saturated carbocycles. The number of hydrogen-bond acceptors (Lipinski definition) is 7. The summed E-state index contributed by atoms with van der Waals surface area (Å²) in [6, 6.07) is 7.26. The van der Waals surface area contributed by atoms with Crippen LogP contribution in [0, 0.1) is 15.9 Å². The molecule has 0 bridgehead atoms. The van der Waals surface area contributed by atoms with Gasteiger partial charge in [-0.25, -0.2) is 14.4 Å². The molecule has 0 spiro atoms. The molecule has 1 fully saturated rings. The number of nitro benzene ring substituents is 1. The second-order valence-electron chi connectivity index (χ2n) is 6.15. The average Bonchev–Trinajstić information content (AvgIpc) is 3.17. The summed E-state index contributed by atoms with van der Waals surface area (Å²) in [4.78, 5) is 19.4. The molecular formula is C18H14ClFN4O4. The van der Waals surface area contributed by atoms with Crippen LogP contribution in [0.15, 0.2) is 36.7 Å². The predicted octanol–water partition coefficient (Wildman–Crippen LogP) is 4.24. The standard InChI is InChI=1S/C18H14ClFN4O4/c19-13-7-10(1-3-14(13)20)23-18-12-2-4-15(28-11-5-6-27-8-11)17(24(25)26)16(12)21-9-22-18/h1-4,7,9,11H,5-6,8H2,(H,21,22,23)/t11-/m0/s1. The molecule has 8 nitrogen and oxygen atoms in total. The number of ether oxygens (including phenoxy) is 2. The highest BCUT2D eigenvalue weighted by atomic mass is 35.5. The van der Waals surface area contributed by atoms with Crippen molar-refractivity contribution in [3.05, 3.63) is 57.6 Å². The highest BCUT2D eigenvalue weighted by molar-refractivity contribution is 6.31. The zero-order valence-corrected chi connectivity index (χ0v) is 15.1. The number of anilines is 2. The third-order valence-corrected chi connectivity index (χ3v) is 4.58. The van der Waals surface area contributed by atoms with E-state index in [1.165, 1.54) is 30.6 Å². The van der Waals surface area contributed by atoms with Crippen molar-refractivity contribution in [1.82, 2.24) is 9.97 Å². The van der Waals surface area contributed by atoms with E-state index in [1.54, 1.807) is 6.07 Å². The molecule has 1 aromatic heterocycles. The lowest BCUT2D eigenvalue weighted by Gasteiger charge is -2.14. The van der Waals surface area contributed by atoms with Gasteiger partial charge in [0.05, 0.1) is 28.5 Å². The number of benzene rings is 2. The Labute approximate surface area is 163 Å². The van der Waals surface area contributed by atoms with E-state index in [1.807, 2.05) is 0 Å². The Bertz CT molecular complexity index is 1060. The van der Waals surface area contributed by atoms with Crippen LogP contribution >= 0.6 is 11.6 Å². The fourth-order valence-electron chi connectivity index (χ4n) is 2.96. The molecular weight excluding hydrogens is 391 g/mol. The zero-order valence-electron chi connectivity index (χ0n) is 14.4. The summed E-state index contributed by atoms with van der Waals surface area (Å²) >= 11 is 5.80. The quantitative estimate of drug-likeness (QED) is 0.501. The lowest BCUT2D eigenvalue weighted by atomic mass is 10.1. The third-order valence-electron chi connectivity index (χ3n) is 4.29. The summed E-state index contributed by atoms with van der Waals surface area (Å²) in [6.45, 7) is 0.944. The van der Waals surface area contributed by atoms with Crippen molar-refractivity contribution in [2.24, 2.45) is 0 Å². The molecule has 0 amide bonds. The minimum Gasteiger partial charge on any atom is -0.481 e. The van der Waals surface area contributed by atoms with Gasteiger partial charge in [-0.2, -0.15) is 0 Å². The van der Waals surface area contributed by atoms with E-state index < -0.39 is 10.7 Å². The third kappa shape index (κ3) is 3.54. The van der Waals surface area contributed by atoms with E-state index in [0.717, 1.165) is 0 Å². The van der Waals surface area contributed by atoms with Crippen molar-refractivity contribution >= 4 is 39.7 Å². The molecule has 28 heavy (non-hydrogen) atoms. The highest BCUT2D eigenvalue weighted by Gasteiger charge is 2.26. The van der Waals surface area contributed by atoms with Crippen LogP contribution in [0.1, 0.15) is 6.42 Å². The molecule has 3 aromatic rings. The fourth-order valence-corrected chi connectivity index (χ4v) is 3.14.